The fraction of sp³-hybridized carbons (Fsp3) is 0.556. The summed E-state index contributed by atoms with van der Waals surface area (Å²) in [5, 5.41) is 0. The SMILES string of the molecule is CC1=C(C)C(C)[C]([Ti+2])=C1C.[F-].[F-]. The van der Waals surface area contributed by atoms with E-state index in [0.717, 1.165) is 0 Å². The maximum atomic E-state index is 2.28. The van der Waals surface area contributed by atoms with Crippen LogP contribution in [-0.2, 0) is 20.4 Å². The zero-order valence-electron chi connectivity index (χ0n) is 7.83. The summed E-state index contributed by atoms with van der Waals surface area (Å²) < 4.78 is 1.55. The summed E-state index contributed by atoms with van der Waals surface area (Å²) in [5.74, 6) is 0.694. The van der Waals surface area contributed by atoms with Crippen LogP contribution in [0.3, 0.4) is 0 Å². The third kappa shape index (κ3) is 2.05. The van der Waals surface area contributed by atoms with Crippen molar-refractivity contribution in [2.24, 2.45) is 5.92 Å². The van der Waals surface area contributed by atoms with Crippen LogP contribution in [0.2, 0.25) is 0 Å². The normalized spacial score (nSPS) is 22.3. The molecule has 12 heavy (non-hydrogen) atoms. The minimum Gasteiger partial charge on any atom is -1.00 e. The minimum absolute atomic E-state index is 0. The molecule has 0 fully saturated rings. The van der Waals surface area contributed by atoms with Crippen LogP contribution >= 0.6 is 0 Å². The molecule has 0 amide bonds. The fourth-order valence-corrected chi connectivity index (χ4v) is 1.99. The average molecular weight is 207 g/mol. The van der Waals surface area contributed by atoms with E-state index < -0.39 is 0 Å². The Bertz CT molecular complexity index is 205. The van der Waals surface area contributed by atoms with Gasteiger partial charge in [-0.2, -0.15) is 0 Å². The van der Waals surface area contributed by atoms with Crippen LogP contribution < -0.4 is 9.41 Å². The van der Waals surface area contributed by atoms with Crippen LogP contribution in [0.25, 0.3) is 0 Å². The number of hydrogen-bond acceptors (Lipinski definition) is 0. The van der Waals surface area contributed by atoms with Gasteiger partial charge in [-0.25, -0.2) is 0 Å². The van der Waals surface area contributed by atoms with Crippen molar-refractivity contribution in [3.63, 3.8) is 0 Å². The molecule has 0 aliphatic heterocycles. The minimum atomic E-state index is 0. The van der Waals surface area contributed by atoms with Gasteiger partial charge < -0.3 is 9.41 Å². The molecule has 1 unspecified atom stereocenters. The summed E-state index contributed by atoms with van der Waals surface area (Å²) >= 11 is 2.24. The Kier molecular flexibility index (Phi) is 5.99. The van der Waals surface area contributed by atoms with Gasteiger partial charge in [-0.05, 0) is 0 Å². The van der Waals surface area contributed by atoms with E-state index in [1.807, 2.05) is 0 Å². The molecule has 1 aliphatic rings. The van der Waals surface area contributed by atoms with Gasteiger partial charge in [0.15, 0.2) is 0 Å². The molecule has 0 aromatic heterocycles. The van der Waals surface area contributed by atoms with Gasteiger partial charge in [0.05, 0.1) is 0 Å². The number of hydrogen-bond donors (Lipinski definition) is 0. The van der Waals surface area contributed by atoms with E-state index in [4.69, 9.17) is 0 Å². The van der Waals surface area contributed by atoms with Gasteiger partial charge in [0, 0.05) is 0 Å². The predicted octanol–water partition coefficient (Wildman–Crippen LogP) is -3.20. The molecule has 0 aromatic carbocycles. The molecule has 0 bridgehead atoms. The van der Waals surface area contributed by atoms with E-state index in [-0.39, 0.29) is 9.41 Å². The van der Waals surface area contributed by atoms with Gasteiger partial charge in [0.25, 0.3) is 0 Å². The Morgan fingerprint density at radius 1 is 1.00 bits per heavy atom. The zero-order valence-corrected chi connectivity index (χ0v) is 9.39. The topological polar surface area (TPSA) is 0 Å². The predicted molar refractivity (Wildman–Crippen MR) is 40.2 cm³/mol. The average Bonchev–Trinajstić information content (AvgIpc) is 2.07. The molecule has 0 heterocycles. The van der Waals surface area contributed by atoms with Gasteiger partial charge in [0.1, 0.15) is 0 Å². The van der Waals surface area contributed by atoms with Crippen LogP contribution in [0, 0.1) is 5.92 Å². The maximum Gasteiger partial charge on any atom is -1.00 e. The summed E-state index contributed by atoms with van der Waals surface area (Å²) in [4.78, 5) is 0. The molecule has 1 aliphatic carbocycles. The molecule has 67 valence electrons. The first kappa shape index (κ1) is 14.6. The van der Waals surface area contributed by atoms with E-state index in [1.54, 1.807) is 9.45 Å². The third-order valence-electron chi connectivity index (χ3n) is 2.64. The quantitative estimate of drug-likeness (QED) is 0.367. The summed E-state index contributed by atoms with van der Waals surface area (Å²) in [6.45, 7) is 8.96. The Morgan fingerprint density at radius 2 is 1.42 bits per heavy atom. The number of rotatable bonds is 0. The molecular weight excluding hydrogens is 194 g/mol. The summed E-state index contributed by atoms with van der Waals surface area (Å²) in [5.41, 5.74) is 4.56. The number of halogens is 2. The van der Waals surface area contributed by atoms with Crippen molar-refractivity contribution in [3.05, 3.63) is 20.6 Å². The van der Waals surface area contributed by atoms with Crippen LogP contribution in [0.1, 0.15) is 27.7 Å². The second-order valence-electron chi connectivity index (χ2n) is 3.07. The molecule has 0 nitrogen and oxygen atoms in total. The first-order chi connectivity index (χ1) is 4.55. The van der Waals surface area contributed by atoms with Crippen LogP contribution in [-0.4, -0.2) is 0 Å². The molecule has 0 aromatic rings. The zero-order chi connectivity index (χ0) is 7.89. The van der Waals surface area contributed by atoms with Crippen molar-refractivity contribution in [3.8, 4) is 0 Å². The van der Waals surface area contributed by atoms with Crippen molar-refractivity contribution in [1.29, 1.82) is 0 Å². The first-order valence-corrected chi connectivity index (χ1v) is 4.44. The third-order valence-corrected chi connectivity index (χ3v) is 3.90. The summed E-state index contributed by atoms with van der Waals surface area (Å²) in [7, 11) is 0. The molecule has 0 radical (unpaired) electrons. The summed E-state index contributed by atoms with van der Waals surface area (Å²) in [6.07, 6.45) is 0. The molecule has 0 spiro atoms. The van der Waals surface area contributed by atoms with Crippen molar-refractivity contribution in [1.82, 2.24) is 0 Å². The Balaban J connectivity index is 0. The number of allylic oxidation sites excluding steroid dienone is 4. The van der Waals surface area contributed by atoms with Gasteiger partial charge in [-0.1, -0.05) is 0 Å². The van der Waals surface area contributed by atoms with Gasteiger partial charge in [-0.15, -0.1) is 0 Å². The second-order valence-corrected chi connectivity index (χ2v) is 3.91. The van der Waals surface area contributed by atoms with E-state index in [0.29, 0.717) is 5.92 Å². The largest absolute Gasteiger partial charge is 1.00 e. The van der Waals surface area contributed by atoms with E-state index in [9.17, 15) is 0 Å². The smallest absolute Gasteiger partial charge is 1.00 e. The second kappa shape index (κ2) is 4.93. The van der Waals surface area contributed by atoms with E-state index in [1.165, 1.54) is 11.1 Å². The molecule has 0 saturated carbocycles. The van der Waals surface area contributed by atoms with Crippen LogP contribution in [0.5, 0.6) is 0 Å². The molecule has 0 N–H and O–H groups in total. The molecule has 0 saturated heterocycles. The Labute approximate surface area is 84.3 Å². The Hall–Kier alpha value is 0.0543. The van der Waals surface area contributed by atoms with Crippen LogP contribution in [0.15, 0.2) is 20.6 Å². The monoisotopic (exact) mass is 207 g/mol. The van der Waals surface area contributed by atoms with Gasteiger partial charge in [-0.3, -0.25) is 0 Å². The standard InChI is InChI=1S/C9H13.2FH.Ti/c1-6-5-7(2)9(4)8(6)3;;;/h6H,1-4H3;2*1H;/q;;;+2/p-2. The van der Waals surface area contributed by atoms with E-state index >= 15 is 0 Å². The van der Waals surface area contributed by atoms with Crippen LogP contribution in [0.4, 0.5) is 0 Å². The van der Waals surface area contributed by atoms with Gasteiger partial charge >= 0.3 is 74.6 Å². The van der Waals surface area contributed by atoms with Crippen molar-refractivity contribution in [2.45, 2.75) is 27.7 Å². The molecular formula is C9H13F2Ti. The van der Waals surface area contributed by atoms with Crippen molar-refractivity contribution < 1.29 is 29.8 Å². The van der Waals surface area contributed by atoms with Gasteiger partial charge in [0.2, 0.25) is 0 Å². The Morgan fingerprint density at radius 3 is 1.50 bits per heavy atom. The van der Waals surface area contributed by atoms with E-state index in [2.05, 4.69) is 48.1 Å². The molecule has 1 atom stereocenters. The van der Waals surface area contributed by atoms with Crippen molar-refractivity contribution in [2.75, 3.05) is 0 Å². The molecule has 1 rings (SSSR count). The van der Waals surface area contributed by atoms with Crippen molar-refractivity contribution >= 4 is 0 Å². The maximum absolute atomic E-state index is 2.28. The summed E-state index contributed by atoms with van der Waals surface area (Å²) in [6, 6.07) is 0. The first-order valence-electron chi connectivity index (χ1n) is 3.65. The molecule has 3 heteroatoms. The fourth-order valence-electron chi connectivity index (χ4n) is 1.36.